The molecule has 0 aliphatic carbocycles. The molecule has 1 fully saturated rings. The van der Waals surface area contributed by atoms with E-state index in [0.717, 1.165) is 31.8 Å². The van der Waals surface area contributed by atoms with Gasteiger partial charge in [-0.2, -0.15) is 0 Å². The highest BCUT2D eigenvalue weighted by Crippen LogP contribution is 2.22. The van der Waals surface area contributed by atoms with Gasteiger partial charge in [-0.25, -0.2) is 0 Å². The van der Waals surface area contributed by atoms with Crippen molar-refractivity contribution in [3.05, 3.63) is 65.7 Å². The Bertz CT molecular complexity index is 662. The van der Waals surface area contributed by atoms with Crippen LogP contribution in [-0.4, -0.2) is 42.4 Å². The van der Waals surface area contributed by atoms with Crippen LogP contribution in [0.25, 0.3) is 0 Å². The van der Waals surface area contributed by atoms with E-state index in [4.69, 9.17) is 4.74 Å². The van der Waals surface area contributed by atoms with E-state index in [1.54, 1.807) is 7.11 Å². The van der Waals surface area contributed by atoms with Gasteiger partial charge in [0.05, 0.1) is 13.2 Å². The number of aliphatic hydroxyl groups is 1. The summed E-state index contributed by atoms with van der Waals surface area (Å²) in [5.41, 5.74) is 2.51. The minimum atomic E-state index is -0.234. The van der Waals surface area contributed by atoms with E-state index in [-0.39, 0.29) is 12.1 Å². The molecule has 0 radical (unpaired) electrons. The Labute approximate surface area is 150 Å². The largest absolute Gasteiger partial charge is 0.497 e. The van der Waals surface area contributed by atoms with Crippen LogP contribution in [0.5, 0.6) is 5.75 Å². The lowest BCUT2D eigenvalue weighted by atomic mass is 10.1. The lowest BCUT2D eigenvalue weighted by molar-refractivity contribution is 0.172. The summed E-state index contributed by atoms with van der Waals surface area (Å²) in [4.78, 5) is 2.38. The Morgan fingerprint density at radius 3 is 2.76 bits per heavy atom. The number of ether oxygens (including phenoxy) is 1. The zero-order chi connectivity index (χ0) is 17.6. The molecule has 134 valence electrons. The van der Waals surface area contributed by atoms with E-state index in [1.165, 1.54) is 11.1 Å². The highest BCUT2D eigenvalue weighted by atomic mass is 16.5. The molecule has 2 aromatic rings. The maximum Gasteiger partial charge on any atom is 0.119 e. The molecule has 0 bridgehead atoms. The van der Waals surface area contributed by atoms with Crippen LogP contribution in [0.3, 0.4) is 0 Å². The van der Waals surface area contributed by atoms with E-state index < -0.39 is 0 Å². The number of benzene rings is 2. The van der Waals surface area contributed by atoms with Crippen molar-refractivity contribution in [1.82, 2.24) is 10.2 Å². The second kappa shape index (κ2) is 8.48. The Morgan fingerprint density at radius 1 is 1.20 bits per heavy atom. The molecule has 3 unspecified atom stereocenters. The Kier molecular flexibility index (Phi) is 6.08. The molecular formula is C21H28N2O2. The van der Waals surface area contributed by atoms with Crippen LogP contribution in [0.1, 0.15) is 30.5 Å². The number of likely N-dealkylation sites (tertiary alicyclic amines) is 1. The highest BCUT2D eigenvalue weighted by molar-refractivity contribution is 5.30. The second-order valence-corrected chi connectivity index (χ2v) is 6.86. The molecule has 1 aliphatic rings. The zero-order valence-electron chi connectivity index (χ0n) is 15.1. The van der Waals surface area contributed by atoms with Crippen molar-refractivity contribution >= 4 is 0 Å². The Hall–Kier alpha value is -1.88. The van der Waals surface area contributed by atoms with Crippen LogP contribution in [0.15, 0.2) is 54.6 Å². The smallest absolute Gasteiger partial charge is 0.119 e. The number of hydrogen-bond donors (Lipinski definition) is 2. The standard InChI is InChI=1S/C21H28N2O2/c1-16(18-9-6-10-21(11-18)25-2)22-13-19-12-20(24)15-23(19)14-17-7-4-3-5-8-17/h3-11,16,19-20,22,24H,12-15H2,1-2H3. The number of β-amino-alcohol motifs (C(OH)–C–C–N with tert-alkyl or cyclic N) is 1. The fourth-order valence-corrected chi connectivity index (χ4v) is 3.52. The van der Waals surface area contributed by atoms with E-state index in [9.17, 15) is 5.11 Å². The number of nitrogens with zero attached hydrogens (tertiary/aromatic N) is 1. The van der Waals surface area contributed by atoms with Crippen molar-refractivity contribution in [2.45, 2.75) is 38.1 Å². The van der Waals surface area contributed by atoms with Gasteiger partial charge in [-0.15, -0.1) is 0 Å². The van der Waals surface area contributed by atoms with Crippen LogP contribution in [-0.2, 0) is 6.54 Å². The summed E-state index contributed by atoms with van der Waals surface area (Å²) in [5, 5.41) is 13.7. The molecule has 1 aliphatic heterocycles. The van der Waals surface area contributed by atoms with Crippen molar-refractivity contribution in [1.29, 1.82) is 0 Å². The van der Waals surface area contributed by atoms with E-state index in [0.29, 0.717) is 6.04 Å². The van der Waals surface area contributed by atoms with Crippen LogP contribution in [0, 0.1) is 0 Å². The number of aliphatic hydroxyl groups excluding tert-OH is 1. The fourth-order valence-electron chi connectivity index (χ4n) is 3.52. The molecule has 0 aromatic heterocycles. The summed E-state index contributed by atoms with van der Waals surface area (Å²) < 4.78 is 5.31. The maximum atomic E-state index is 10.1. The topological polar surface area (TPSA) is 44.7 Å². The van der Waals surface area contributed by atoms with Crippen molar-refractivity contribution in [2.75, 3.05) is 20.2 Å². The van der Waals surface area contributed by atoms with Crippen LogP contribution in [0.2, 0.25) is 0 Å². The monoisotopic (exact) mass is 340 g/mol. The molecule has 4 heteroatoms. The third-order valence-electron chi connectivity index (χ3n) is 4.99. The fraction of sp³-hybridized carbons (Fsp3) is 0.429. The van der Waals surface area contributed by atoms with Gasteiger partial charge in [0.2, 0.25) is 0 Å². The van der Waals surface area contributed by atoms with Crippen molar-refractivity contribution < 1.29 is 9.84 Å². The number of methoxy groups -OCH3 is 1. The molecule has 3 atom stereocenters. The molecule has 3 rings (SSSR count). The summed E-state index contributed by atoms with van der Waals surface area (Å²) >= 11 is 0. The first-order valence-corrected chi connectivity index (χ1v) is 8.99. The highest BCUT2D eigenvalue weighted by Gasteiger charge is 2.30. The minimum Gasteiger partial charge on any atom is -0.497 e. The number of nitrogens with one attached hydrogen (secondary N) is 1. The van der Waals surface area contributed by atoms with Crippen LogP contribution < -0.4 is 10.1 Å². The van der Waals surface area contributed by atoms with Gasteiger partial charge in [0.25, 0.3) is 0 Å². The summed E-state index contributed by atoms with van der Waals surface area (Å²) in [5.74, 6) is 0.883. The third-order valence-corrected chi connectivity index (χ3v) is 4.99. The molecule has 0 amide bonds. The number of rotatable bonds is 7. The average Bonchev–Trinajstić information content (AvgIpc) is 2.99. The minimum absolute atomic E-state index is 0.234. The van der Waals surface area contributed by atoms with E-state index in [1.807, 2.05) is 18.2 Å². The lowest BCUT2D eigenvalue weighted by Gasteiger charge is -2.26. The van der Waals surface area contributed by atoms with Gasteiger partial charge in [-0.05, 0) is 36.6 Å². The van der Waals surface area contributed by atoms with Gasteiger partial charge in [0.15, 0.2) is 0 Å². The predicted octanol–water partition coefficient (Wildman–Crippen LogP) is 2.98. The van der Waals surface area contributed by atoms with Crippen LogP contribution in [0.4, 0.5) is 0 Å². The molecule has 2 N–H and O–H groups in total. The summed E-state index contributed by atoms with van der Waals surface area (Å²) in [6.45, 7) is 4.66. The van der Waals surface area contributed by atoms with Gasteiger partial charge >= 0.3 is 0 Å². The first kappa shape index (κ1) is 17.9. The van der Waals surface area contributed by atoms with Gasteiger partial charge in [0, 0.05) is 31.7 Å². The van der Waals surface area contributed by atoms with Crippen molar-refractivity contribution in [2.24, 2.45) is 0 Å². The first-order valence-electron chi connectivity index (χ1n) is 8.99. The second-order valence-electron chi connectivity index (χ2n) is 6.86. The van der Waals surface area contributed by atoms with Gasteiger partial charge in [0.1, 0.15) is 5.75 Å². The normalized spacial score (nSPS) is 22.0. The first-order chi connectivity index (χ1) is 12.2. The molecular weight excluding hydrogens is 312 g/mol. The maximum absolute atomic E-state index is 10.1. The summed E-state index contributed by atoms with van der Waals surface area (Å²) in [7, 11) is 1.69. The Balaban J connectivity index is 1.58. The molecule has 1 saturated heterocycles. The average molecular weight is 340 g/mol. The molecule has 1 heterocycles. The quantitative estimate of drug-likeness (QED) is 0.813. The van der Waals surface area contributed by atoms with E-state index >= 15 is 0 Å². The predicted molar refractivity (Wildman–Crippen MR) is 101 cm³/mol. The Morgan fingerprint density at radius 2 is 2.00 bits per heavy atom. The molecule has 0 spiro atoms. The third kappa shape index (κ3) is 4.82. The molecule has 25 heavy (non-hydrogen) atoms. The van der Waals surface area contributed by atoms with E-state index in [2.05, 4.69) is 53.5 Å². The summed E-state index contributed by atoms with van der Waals surface area (Å²) in [6, 6.07) is 19.2. The van der Waals surface area contributed by atoms with Gasteiger partial charge in [-0.1, -0.05) is 42.5 Å². The van der Waals surface area contributed by atoms with Gasteiger partial charge in [-0.3, -0.25) is 4.90 Å². The lowest BCUT2D eigenvalue weighted by Crippen LogP contribution is -2.38. The zero-order valence-corrected chi connectivity index (χ0v) is 15.1. The van der Waals surface area contributed by atoms with Crippen LogP contribution >= 0.6 is 0 Å². The van der Waals surface area contributed by atoms with Crippen molar-refractivity contribution in [3.63, 3.8) is 0 Å². The number of hydrogen-bond acceptors (Lipinski definition) is 4. The van der Waals surface area contributed by atoms with Gasteiger partial charge < -0.3 is 15.2 Å². The molecule has 2 aromatic carbocycles. The van der Waals surface area contributed by atoms with Crippen molar-refractivity contribution in [3.8, 4) is 5.75 Å². The summed E-state index contributed by atoms with van der Waals surface area (Å²) in [6.07, 6.45) is 0.590. The molecule has 4 nitrogen and oxygen atoms in total. The molecule has 0 saturated carbocycles. The SMILES string of the molecule is COc1cccc(C(C)NCC2CC(O)CN2Cc2ccccc2)c1.